The van der Waals surface area contributed by atoms with Crippen LogP contribution < -0.4 is 0 Å². The first-order valence-corrected chi connectivity index (χ1v) is 11.1. The van der Waals surface area contributed by atoms with Crippen molar-refractivity contribution in [1.29, 1.82) is 0 Å². The number of carboxylic acids is 1. The van der Waals surface area contributed by atoms with Crippen molar-refractivity contribution in [3.8, 4) is 11.3 Å². The summed E-state index contributed by atoms with van der Waals surface area (Å²) < 4.78 is 45.0. The Labute approximate surface area is 196 Å². The van der Waals surface area contributed by atoms with E-state index in [9.17, 15) is 22.8 Å². The van der Waals surface area contributed by atoms with Gasteiger partial charge in [0.25, 0.3) is 5.91 Å². The summed E-state index contributed by atoms with van der Waals surface area (Å²) in [6, 6.07) is 5.97. The van der Waals surface area contributed by atoms with Crippen molar-refractivity contribution < 1.29 is 32.3 Å². The summed E-state index contributed by atoms with van der Waals surface area (Å²) in [5.74, 6) is -0.743. The number of aliphatic carboxylic acids is 1. The second kappa shape index (κ2) is 10.1. The molecule has 1 N–H and O–H groups in total. The Bertz CT molecular complexity index is 1080. The Hall–Kier alpha value is -2.30. The fourth-order valence-electron chi connectivity index (χ4n) is 3.01. The van der Waals surface area contributed by atoms with Crippen LogP contribution in [-0.4, -0.2) is 32.7 Å². The number of carbonyl (C=O) groups excluding carboxylic acids is 1. The first-order chi connectivity index (χ1) is 15.1. The molecule has 1 aliphatic rings. The monoisotopic (exact) mass is 503 g/mol. The van der Waals surface area contributed by atoms with Crippen molar-refractivity contribution in [2.45, 2.75) is 31.9 Å². The number of alkyl halides is 3. The van der Waals surface area contributed by atoms with Gasteiger partial charge in [0.1, 0.15) is 15.8 Å². The summed E-state index contributed by atoms with van der Waals surface area (Å²) in [6.45, 7) is 0.380. The number of hydrogen-bond acceptors (Lipinski definition) is 5. The normalized spacial score (nSPS) is 15.8. The first kappa shape index (κ1) is 24.3. The van der Waals surface area contributed by atoms with Gasteiger partial charge in [-0.3, -0.25) is 14.5 Å². The molecule has 170 valence electrons. The van der Waals surface area contributed by atoms with Crippen LogP contribution in [0.15, 0.2) is 39.7 Å². The molecule has 0 spiro atoms. The number of furan rings is 1. The molecule has 1 aromatic carbocycles. The number of benzene rings is 1. The highest BCUT2D eigenvalue weighted by molar-refractivity contribution is 8.26. The molecular formula is C21H17ClF3NO4S2. The average Bonchev–Trinajstić information content (AvgIpc) is 3.26. The molecule has 1 saturated heterocycles. The van der Waals surface area contributed by atoms with Gasteiger partial charge in [-0.2, -0.15) is 13.2 Å². The van der Waals surface area contributed by atoms with Gasteiger partial charge in [0, 0.05) is 24.6 Å². The molecule has 2 heterocycles. The van der Waals surface area contributed by atoms with Crippen molar-refractivity contribution in [1.82, 2.24) is 4.90 Å². The van der Waals surface area contributed by atoms with Crippen molar-refractivity contribution in [3.05, 3.63) is 51.6 Å². The largest absolute Gasteiger partial charge is 0.481 e. The predicted octanol–water partition coefficient (Wildman–Crippen LogP) is 6.47. The van der Waals surface area contributed by atoms with Crippen LogP contribution in [0.1, 0.15) is 37.0 Å². The second-order valence-electron chi connectivity index (χ2n) is 6.93. The van der Waals surface area contributed by atoms with Gasteiger partial charge in [0.2, 0.25) is 0 Å². The minimum Gasteiger partial charge on any atom is -0.481 e. The Morgan fingerprint density at radius 3 is 2.66 bits per heavy atom. The van der Waals surface area contributed by atoms with Gasteiger partial charge in [0.15, 0.2) is 0 Å². The molecule has 0 bridgehead atoms. The molecule has 0 radical (unpaired) electrons. The Kier molecular flexibility index (Phi) is 7.68. The predicted molar refractivity (Wildman–Crippen MR) is 120 cm³/mol. The van der Waals surface area contributed by atoms with Crippen LogP contribution in [0.5, 0.6) is 0 Å². The third-order valence-corrected chi connectivity index (χ3v) is 6.31. The number of halogens is 4. The van der Waals surface area contributed by atoms with Crippen LogP contribution in [0.3, 0.4) is 0 Å². The highest BCUT2D eigenvalue weighted by Crippen LogP contribution is 2.38. The minimum atomic E-state index is -4.52. The SMILES string of the molecule is O=C(O)CCCCCN1C(=O)/C(=C/c2ccc(-c3cc(C(F)(F)F)ccc3Cl)o2)SC1=S. The number of hydrogen-bond donors (Lipinski definition) is 1. The molecule has 1 fully saturated rings. The van der Waals surface area contributed by atoms with Gasteiger partial charge in [-0.25, -0.2) is 0 Å². The third-order valence-electron chi connectivity index (χ3n) is 4.61. The zero-order valence-corrected chi connectivity index (χ0v) is 18.8. The summed E-state index contributed by atoms with van der Waals surface area (Å²) in [5, 5.41) is 8.76. The van der Waals surface area contributed by atoms with Gasteiger partial charge in [-0.15, -0.1) is 0 Å². The molecule has 1 aromatic heterocycles. The van der Waals surface area contributed by atoms with Crippen molar-refractivity contribution in [2.24, 2.45) is 0 Å². The molecular weight excluding hydrogens is 487 g/mol. The zero-order valence-electron chi connectivity index (χ0n) is 16.4. The molecule has 0 unspecified atom stereocenters. The van der Waals surface area contributed by atoms with E-state index < -0.39 is 17.7 Å². The summed E-state index contributed by atoms with van der Waals surface area (Å²) >= 11 is 12.4. The molecule has 0 saturated carbocycles. The molecule has 3 rings (SSSR count). The Balaban J connectivity index is 1.71. The molecule has 1 aliphatic heterocycles. The van der Waals surface area contributed by atoms with Gasteiger partial charge >= 0.3 is 12.1 Å². The molecule has 5 nitrogen and oxygen atoms in total. The van der Waals surface area contributed by atoms with Crippen LogP contribution in [0.2, 0.25) is 5.02 Å². The lowest BCUT2D eigenvalue weighted by molar-refractivity contribution is -0.138. The number of thioether (sulfide) groups is 1. The van der Waals surface area contributed by atoms with Crippen LogP contribution in [0, 0.1) is 0 Å². The molecule has 2 aromatic rings. The number of carboxylic acid groups (broad SMARTS) is 1. The van der Waals surface area contributed by atoms with Crippen molar-refractivity contribution >= 4 is 57.9 Å². The van der Waals surface area contributed by atoms with E-state index in [1.54, 1.807) is 0 Å². The summed E-state index contributed by atoms with van der Waals surface area (Å²) in [7, 11) is 0. The maximum Gasteiger partial charge on any atom is 0.416 e. The van der Waals surface area contributed by atoms with E-state index in [0.29, 0.717) is 35.0 Å². The average molecular weight is 504 g/mol. The lowest BCUT2D eigenvalue weighted by Gasteiger charge is -2.13. The summed E-state index contributed by atoms with van der Waals surface area (Å²) in [5.41, 5.74) is -0.755. The Morgan fingerprint density at radius 1 is 1.22 bits per heavy atom. The molecule has 0 atom stereocenters. The molecule has 11 heteroatoms. The zero-order chi connectivity index (χ0) is 23.5. The molecule has 32 heavy (non-hydrogen) atoms. The maximum absolute atomic E-state index is 13.0. The van der Waals surface area contributed by atoms with Gasteiger partial charge < -0.3 is 9.52 Å². The Morgan fingerprint density at radius 2 is 1.97 bits per heavy atom. The first-order valence-electron chi connectivity index (χ1n) is 9.50. The highest BCUT2D eigenvalue weighted by atomic mass is 35.5. The standard InChI is InChI=1S/C21H17ClF3NO4S2/c22-15-7-5-12(21(23,24)25)10-14(15)16-8-6-13(30-16)11-17-19(29)26(20(31)32-17)9-3-1-2-4-18(27)28/h5-8,10-11H,1-4,9H2,(H,27,28)/b17-11-. The van der Waals surface area contributed by atoms with Crippen LogP contribution >= 0.6 is 35.6 Å². The van der Waals surface area contributed by atoms with E-state index in [1.807, 2.05) is 0 Å². The van der Waals surface area contributed by atoms with E-state index in [0.717, 1.165) is 30.0 Å². The molecule has 1 amide bonds. The van der Waals surface area contributed by atoms with Gasteiger partial charge in [-0.1, -0.05) is 42.0 Å². The number of rotatable bonds is 8. The van der Waals surface area contributed by atoms with E-state index >= 15 is 0 Å². The van der Waals surface area contributed by atoms with E-state index in [1.165, 1.54) is 23.1 Å². The van der Waals surface area contributed by atoms with Gasteiger partial charge in [-0.05, 0) is 43.2 Å². The lowest BCUT2D eigenvalue weighted by atomic mass is 10.1. The van der Waals surface area contributed by atoms with E-state index in [-0.39, 0.29) is 34.4 Å². The fraction of sp³-hybridized carbons (Fsp3) is 0.286. The fourth-order valence-corrected chi connectivity index (χ4v) is 4.51. The number of carbonyl (C=O) groups is 2. The van der Waals surface area contributed by atoms with Crippen molar-refractivity contribution in [2.75, 3.05) is 6.54 Å². The van der Waals surface area contributed by atoms with E-state index in [4.69, 9.17) is 33.3 Å². The molecule has 0 aliphatic carbocycles. The number of amides is 1. The second-order valence-corrected chi connectivity index (χ2v) is 9.02. The van der Waals surface area contributed by atoms with E-state index in [2.05, 4.69) is 0 Å². The summed E-state index contributed by atoms with van der Waals surface area (Å²) in [6.07, 6.45) is -1.17. The maximum atomic E-state index is 13.0. The van der Waals surface area contributed by atoms with Crippen molar-refractivity contribution in [3.63, 3.8) is 0 Å². The number of nitrogens with zero attached hydrogens (tertiary/aromatic N) is 1. The van der Waals surface area contributed by atoms with Crippen LogP contribution in [-0.2, 0) is 15.8 Å². The minimum absolute atomic E-state index is 0.0784. The van der Waals surface area contributed by atoms with Crippen LogP contribution in [0.25, 0.3) is 17.4 Å². The lowest BCUT2D eigenvalue weighted by Crippen LogP contribution is -2.29. The third kappa shape index (κ3) is 5.93. The van der Waals surface area contributed by atoms with Gasteiger partial charge in [0.05, 0.1) is 15.5 Å². The number of unbranched alkanes of at least 4 members (excludes halogenated alkanes) is 2. The van der Waals surface area contributed by atoms with Crippen LogP contribution in [0.4, 0.5) is 13.2 Å². The topological polar surface area (TPSA) is 70.8 Å². The highest BCUT2D eigenvalue weighted by Gasteiger charge is 2.33. The summed E-state index contributed by atoms with van der Waals surface area (Å²) in [4.78, 5) is 25.0. The quantitative estimate of drug-likeness (QED) is 0.253. The number of thiocarbonyl (C=S) groups is 1. The smallest absolute Gasteiger partial charge is 0.416 e.